The quantitative estimate of drug-likeness (QED) is 0.721. The maximum atomic E-state index is 13.1. The van der Waals surface area contributed by atoms with Crippen molar-refractivity contribution in [3.8, 4) is 5.75 Å². The number of aliphatic hydroxyl groups excluding tert-OH is 1. The molecule has 0 spiro atoms. The first-order valence-electron chi connectivity index (χ1n) is 10.8. The van der Waals surface area contributed by atoms with E-state index in [2.05, 4.69) is 15.6 Å². The van der Waals surface area contributed by atoms with Crippen molar-refractivity contribution in [3.05, 3.63) is 60.4 Å². The summed E-state index contributed by atoms with van der Waals surface area (Å²) in [6, 6.07) is 15.4. The van der Waals surface area contributed by atoms with Gasteiger partial charge in [0.15, 0.2) is 0 Å². The summed E-state index contributed by atoms with van der Waals surface area (Å²) in [6.45, 7) is 3.95. The number of para-hydroxylation sites is 2. The molecule has 30 heavy (non-hydrogen) atoms. The van der Waals surface area contributed by atoms with Crippen LogP contribution < -0.4 is 4.74 Å². The van der Waals surface area contributed by atoms with Gasteiger partial charge in [-0.1, -0.05) is 18.2 Å². The molecular formula is C24H27N3O3. The normalized spacial score (nSPS) is 26.0. The van der Waals surface area contributed by atoms with Crippen molar-refractivity contribution in [1.82, 2.24) is 14.5 Å². The monoisotopic (exact) mass is 405 g/mol. The average molecular weight is 405 g/mol. The number of likely N-dealkylation sites (tertiary alicyclic amines) is 1. The molecule has 1 saturated heterocycles. The highest BCUT2D eigenvalue weighted by Crippen LogP contribution is 2.42. The zero-order valence-electron chi connectivity index (χ0n) is 17.1. The number of aliphatic hydroxyl groups is 1. The third-order valence-electron chi connectivity index (χ3n) is 6.63. The van der Waals surface area contributed by atoms with Crippen molar-refractivity contribution in [3.63, 3.8) is 0 Å². The van der Waals surface area contributed by atoms with Crippen LogP contribution in [0.25, 0.3) is 11.0 Å². The van der Waals surface area contributed by atoms with Crippen LogP contribution >= 0.6 is 0 Å². The summed E-state index contributed by atoms with van der Waals surface area (Å²) < 4.78 is 7.66. The van der Waals surface area contributed by atoms with E-state index >= 15 is 0 Å². The number of nitrogens with zero attached hydrogens (tertiary/aromatic N) is 3. The summed E-state index contributed by atoms with van der Waals surface area (Å²) >= 11 is 0. The predicted molar refractivity (Wildman–Crippen MR) is 115 cm³/mol. The minimum atomic E-state index is -0.430. The smallest absolute Gasteiger partial charge is 0.254 e. The van der Waals surface area contributed by atoms with E-state index in [0.29, 0.717) is 37.0 Å². The lowest BCUT2D eigenvalue weighted by molar-refractivity contribution is 0.0374. The number of hydrogen-bond acceptors (Lipinski definition) is 4. The molecule has 3 aromatic rings. The fourth-order valence-electron chi connectivity index (χ4n) is 5.18. The van der Waals surface area contributed by atoms with Crippen molar-refractivity contribution >= 4 is 16.9 Å². The third-order valence-corrected chi connectivity index (χ3v) is 6.63. The van der Waals surface area contributed by atoms with Gasteiger partial charge in [0, 0.05) is 18.7 Å². The predicted octanol–water partition coefficient (Wildman–Crippen LogP) is 3.52. The summed E-state index contributed by atoms with van der Waals surface area (Å²) in [5.41, 5.74) is 2.67. The molecule has 4 atom stereocenters. The highest BCUT2D eigenvalue weighted by Gasteiger charge is 2.43. The van der Waals surface area contributed by atoms with E-state index in [1.807, 2.05) is 60.6 Å². The Balaban J connectivity index is 1.33. The molecule has 2 heterocycles. The van der Waals surface area contributed by atoms with Gasteiger partial charge in [0.05, 0.1) is 36.1 Å². The van der Waals surface area contributed by atoms with Gasteiger partial charge < -0.3 is 19.3 Å². The Hall–Kier alpha value is -2.86. The van der Waals surface area contributed by atoms with E-state index in [0.717, 1.165) is 29.7 Å². The molecule has 2 aromatic carbocycles. The molecule has 2 fully saturated rings. The van der Waals surface area contributed by atoms with E-state index in [1.54, 1.807) is 0 Å². The Kier molecular flexibility index (Phi) is 4.95. The lowest BCUT2D eigenvalue weighted by Crippen LogP contribution is -2.36. The lowest BCUT2D eigenvalue weighted by atomic mass is 9.77. The van der Waals surface area contributed by atoms with Crippen molar-refractivity contribution in [2.75, 3.05) is 19.7 Å². The van der Waals surface area contributed by atoms with Gasteiger partial charge >= 0.3 is 0 Å². The number of amides is 1. The van der Waals surface area contributed by atoms with E-state index in [9.17, 15) is 9.90 Å². The van der Waals surface area contributed by atoms with Crippen LogP contribution in [0.2, 0.25) is 0 Å². The third kappa shape index (κ3) is 3.35. The molecule has 6 nitrogen and oxygen atoms in total. The largest absolute Gasteiger partial charge is 0.494 e. The summed E-state index contributed by atoms with van der Waals surface area (Å²) in [7, 11) is 0. The molecular weight excluding hydrogens is 378 g/mol. The van der Waals surface area contributed by atoms with Crippen molar-refractivity contribution in [2.45, 2.75) is 31.9 Å². The number of benzene rings is 2. The molecule has 1 saturated carbocycles. The molecule has 6 heteroatoms. The molecule has 0 radical (unpaired) electrons. The first-order chi connectivity index (χ1) is 14.6. The number of hydrogen-bond donors (Lipinski definition) is 1. The van der Waals surface area contributed by atoms with Gasteiger partial charge in [-0.2, -0.15) is 0 Å². The standard InChI is InChI=1S/C24H27N3O3/c1-2-30-19-7-5-6-16(10-19)24(29)26-13-17-11-22(23(28)12-18(17)14-26)27-15-25-20-8-3-4-9-21(20)27/h3-10,15,17-18,22-23,28H,2,11-14H2,1H3/t17-,18+,22-,23-/m1/s1. The molecule has 1 aliphatic heterocycles. The molecule has 1 aliphatic carbocycles. The molecule has 0 unspecified atom stereocenters. The first kappa shape index (κ1) is 19.1. The molecule has 1 aromatic heterocycles. The number of carbonyl (C=O) groups excluding carboxylic acids is 1. The zero-order valence-corrected chi connectivity index (χ0v) is 17.1. The molecule has 5 rings (SSSR count). The Morgan fingerprint density at radius 3 is 2.77 bits per heavy atom. The van der Waals surface area contributed by atoms with E-state index in [-0.39, 0.29) is 11.9 Å². The maximum absolute atomic E-state index is 13.1. The second kappa shape index (κ2) is 7.76. The Bertz CT molecular complexity index is 1060. The van der Waals surface area contributed by atoms with Gasteiger partial charge in [0.2, 0.25) is 0 Å². The fraction of sp³-hybridized carbons (Fsp3) is 0.417. The minimum Gasteiger partial charge on any atom is -0.494 e. The zero-order chi connectivity index (χ0) is 20.7. The summed E-state index contributed by atoms with van der Waals surface area (Å²) in [5, 5.41) is 10.9. The molecule has 1 N–H and O–H groups in total. The number of fused-ring (bicyclic) bond motifs is 2. The van der Waals surface area contributed by atoms with Crippen LogP contribution in [0, 0.1) is 11.8 Å². The molecule has 2 aliphatic rings. The first-order valence-corrected chi connectivity index (χ1v) is 10.8. The number of imidazole rings is 1. The Morgan fingerprint density at radius 1 is 1.13 bits per heavy atom. The van der Waals surface area contributed by atoms with Crippen molar-refractivity contribution < 1.29 is 14.6 Å². The van der Waals surface area contributed by atoms with E-state index < -0.39 is 6.10 Å². The van der Waals surface area contributed by atoms with Crippen LogP contribution in [0.4, 0.5) is 0 Å². The fourth-order valence-corrected chi connectivity index (χ4v) is 5.18. The van der Waals surface area contributed by atoms with Crippen LogP contribution in [-0.4, -0.2) is 51.3 Å². The molecule has 156 valence electrons. The SMILES string of the molecule is CCOc1cccc(C(=O)N2C[C@H]3C[C@@H](n4cnc5ccccc54)[C@H](O)C[C@H]3C2)c1. The maximum Gasteiger partial charge on any atom is 0.254 e. The number of aromatic nitrogens is 2. The van der Waals surface area contributed by atoms with Crippen LogP contribution in [-0.2, 0) is 0 Å². The van der Waals surface area contributed by atoms with Crippen LogP contribution in [0.3, 0.4) is 0 Å². The Labute approximate surface area is 176 Å². The van der Waals surface area contributed by atoms with Crippen LogP contribution in [0.5, 0.6) is 5.75 Å². The minimum absolute atomic E-state index is 0.00464. The van der Waals surface area contributed by atoms with Crippen LogP contribution in [0.1, 0.15) is 36.2 Å². The second-order valence-corrected chi connectivity index (χ2v) is 8.44. The number of rotatable bonds is 4. The van der Waals surface area contributed by atoms with Gasteiger partial charge in [0.1, 0.15) is 5.75 Å². The second-order valence-electron chi connectivity index (χ2n) is 8.44. The van der Waals surface area contributed by atoms with Gasteiger partial charge in [-0.15, -0.1) is 0 Å². The van der Waals surface area contributed by atoms with Gasteiger partial charge in [-0.3, -0.25) is 4.79 Å². The topological polar surface area (TPSA) is 67.6 Å². The van der Waals surface area contributed by atoms with Gasteiger partial charge in [-0.05, 0) is 61.9 Å². The summed E-state index contributed by atoms with van der Waals surface area (Å²) in [6.07, 6.45) is 2.98. The van der Waals surface area contributed by atoms with Gasteiger partial charge in [-0.25, -0.2) is 4.98 Å². The molecule has 1 amide bonds. The highest BCUT2D eigenvalue weighted by atomic mass is 16.5. The average Bonchev–Trinajstić information content (AvgIpc) is 3.37. The molecule has 0 bridgehead atoms. The Morgan fingerprint density at radius 2 is 1.93 bits per heavy atom. The summed E-state index contributed by atoms with van der Waals surface area (Å²) in [4.78, 5) is 19.5. The summed E-state index contributed by atoms with van der Waals surface area (Å²) in [5.74, 6) is 1.50. The van der Waals surface area contributed by atoms with Crippen molar-refractivity contribution in [2.24, 2.45) is 11.8 Å². The van der Waals surface area contributed by atoms with E-state index in [4.69, 9.17) is 4.74 Å². The van der Waals surface area contributed by atoms with E-state index in [1.165, 1.54) is 0 Å². The number of carbonyl (C=O) groups is 1. The lowest BCUT2D eigenvalue weighted by Gasteiger charge is -2.36. The number of ether oxygens (including phenoxy) is 1. The van der Waals surface area contributed by atoms with Crippen molar-refractivity contribution in [1.29, 1.82) is 0 Å². The highest BCUT2D eigenvalue weighted by molar-refractivity contribution is 5.94. The van der Waals surface area contributed by atoms with Gasteiger partial charge in [0.25, 0.3) is 5.91 Å². The van der Waals surface area contributed by atoms with Crippen LogP contribution in [0.15, 0.2) is 54.9 Å².